The first-order valence-electron chi connectivity index (χ1n) is 10.8. The fourth-order valence-electron chi connectivity index (χ4n) is 3.83. The second-order valence-corrected chi connectivity index (χ2v) is 10.2. The minimum absolute atomic E-state index is 0. The SMILES string of the molecule is Cc1cc(S(=O)(=O)N2CCN(C)CC2)c(C)cc1-c1cnc(N)c(C(=O)Nc2cccnc2)n1.Cl. The van der Waals surface area contributed by atoms with Crippen LogP contribution in [-0.2, 0) is 10.0 Å². The number of nitrogens with zero attached hydrogens (tertiary/aromatic N) is 5. The number of hydrogen-bond acceptors (Lipinski definition) is 8. The van der Waals surface area contributed by atoms with Crippen molar-refractivity contribution >= 4 is 39.8 Å². The first-order valence-corrected chi connectivity index (χ1v) is 12.2. The molecule has 10 nitrogen and oxygen atoms in total. The van der Waals surface area contributed by atoms with Crippen molar-refractivity contribution in [3.05, 3.63) is 59.7 Å². The van der Waals surface area contributed by atoms with Gasteiger partial charge in [0, 0.05) is 37.9 Å². The van der Waals surface area contributed by atoms with Gasteiger partial charge in [0.25, 0.3) is 5.91 Å². The summed E-state index contributed by atoms with van der Waals surface area (Å²) in [5.41, 5.74) is 8.81. The van der Waals surface area contributed by atoms with Crippen molar-refractivity contribution in [3.63, 3.8) is 0 Å². The van der Waals surface area contributed by atoms with Crippen LogP contribution in [-0.4, -0.2) is 71.7 Å². The zero-order chi connectivity index (χ0) is 24.5. The second kappa shape index (κ2) is 10.6. The van der Waals surface area contributed by atoms with Crippen LogP contribution >= 0.6 is 12.4 Å². The van der Waals surface area contributed by atoms with E-state index >= 15 is 0 Å². The van der Waals surface area contributed by atoms with E-state index in [4.69, 9.17) is 5.73 Å². The summed E-state index contributed by atoms with van der Waals surface area (Å²) < 4.78 is 28.1. The van der Waals surface area contributed by atoms with Crippen LogP contribution < -0.4 is 11.1 Å². The summed E-state index contributed by atoms with van der Waals surface area (Å²) in [5.74, 6) is -0.516. The van der Waals surface area contributed by atoms with Gasteiger partial charge in [-0.15, -0.1) is 12.4 Å². The third kappa shape index (κ3) is 5.59. The molecule has 0 unspecified atom stereocenters. The number of amides is 1. The predicted molar refractivity (Wildman–Crippen MR) is 137 cm³/mol. The van der Waals surface area contributed by atoms with Gasteiger partial charge in [0.05, 0.1) is 28.7 Å². The van der Waals surface area contributed by atoms with Gasteiger partial charge in [-0.2, -0.15) is 4.31 Å². The molecule has 35 heavy (non-hydrogen) atoms. The first kappa shape index (κ1) is 26.5. The predicted octanol–water partition coefficient (Wildman–Crippen LogP) is 2.35. The highest BCUT2D eigenvalue weighted by Gasteiger charge is 2.29. The minimum atomic E-state index is -3.62. The van der Waals surface area contributed by atoms with Crippen LogP contribution in [0.1, 0.15) is 21.6 Å². The number of nitrogen functional groups attached to an aromatic ring is 1. The number of carbonyl (C=O) groups excluding carboxylic acids is 1. The highest BCUT2D eigenvalue weighted by Crippen LogP contribution is 2.30. The lowest BCUT2D eigenvalue weighted by Crippen LogP contribution is -2.47. The molecule has 1 aromatic carbocycles. The van der Waals surface area contributed by atoms with Gasteiger partial charge < -0.3 is 16.0 Å². The number of carbonyl (C=O) groups is 1. The molecule has 1 saturated heterocycles. The molecule has 1 aliphatic heterocycles. The molecule has 0 atom stereocenters. The lowest BCUT2D eigenvalue weighted by Gasteiger charge is -2.32. The maximum Gasteiger partial charge on any atom is 0.278 e. The number of piperazine rings is 1. The fourth-order valence-corrected chi connectivity index (χ4v) is 5.55. The average molecular weight is 518 g/mol. The normalized spacial score (nSPS) is 14.8. The van der Waals surface area contributed by atoms with Crippen LogP contribution in [0.4, 0.5) is 11.5 Å². The second-order valence-electron chi connectivity index (χ2n) is 8.32. The first-order chi connectivity index (χ1) is 16.2. The smallest absolute Gasteiger partial charge is 0.278 e. The molecule has 186 valence electrons. The van der Waals surface area contributed by atoms with Crippen molar-refractivity contribution in [2.45, 2.75) is 18.7 Å². The van der Waals surface area contributed by atoms with Gasteiger partial charge in [-0.3, -0.25) is 9.78 Å². The van der Waals surface area contributed by atoms with Crippen molar-refractivity contribution in [2.75, 3.05) is 44.3 Å². The van der Waals surface area contributed by atoms with Crippen molar-refractivity contribution in [1.29, 1.82) is 0 Å². The van der Waals surface area contributed by atoms with Crippen LogP contribution in [0.25, 0.3) is 11.3 Å². The van der Waals surface area contributed by atoms with E-state index in [0.717, 1.165) is 0 Å². The molecule has 1 fully saturated rings. The van der Waals surface area contributed by atoms with Crippen LogP contribution in [0.15, 0.2) is 47.8 Å². The van der Waals surface area contributed by atoms with Crippen LogP contribution in [0, 0.1) is 13.8 Å². The molecule has 2 aromatic heterocycles. The number of hydrogen-bond donors (Lipinski definition) is 2. The molecule has 1 amide bonds. The molecule has 4 rings (SSSR count). The van der Waals surface area contributed by atoms with E-state index in [1.54, 1.807) is 37.4 Å². The number of aromatic nitrogens is 3. The number of rotatable bonds is 5. The number of sulfonamides is 1. The monoisotopic (exact) mass is 517 g/mol. The largest absolute Gasteiger partial charge is 0.382 e. The van der Waals surface area contributed by atoms with Gasteiger partial charge in [-0.1, -0.05) is 0 Å². The zero-order valence-corrected chi connectivity index (χ0v) is 21.4. The molecule has 0 bridgehead atoms. The van der Waals surface area contributed by atoms with Crippen LogP contribution in [0.3, 0.4) is 0 Å². The summed E-state index contributed by atoms with van der Waals surface area (Å²) in [6, 6.07) is 6.82. The molecular weight excluding hydrogens is 490 g/mol. The Hall–Kier alpha value is -3.12. The molecule has 12 heteroatoms. The summed E-state index contributed by atoms with van der Waals surface area (Å²) >= 11 is 0. The van der Waals surface area contributed by atoms with Gasteiger partial charge in [0.2, 0.25) is 10.0 Å². The summed E-state index contributed by atoms with van der Waals surface area (Å²) in [7, 11) is -1.64. The molecule has 0 radical (unpaired) electrons. The van der Waals surface area contributed by atoms with Crippen molar-refractivity contribution in [2.24, 2.45) is 0 Å². The Labute approximate surface area is 211 Å². The Kier molecular flexibility index (Phi) is 8.06. The van der Waals surface area contributed by atoms with E-state index in [9.17, 15) is 13.2 Å². The number of nitrogens with two attached hydrogens (primary N) is 1. The average Bonchev–Trinajstić information content (AvgIpc) is 2.81. The molecular formula is C23H28ClN7O3S. The van der Waals surface area contributed by atoms with E-state index < -0.39 is 15.9 Å². The summed E-state index contributed by atoms with van der Waals surface area (Å²) in [4.78, 5) is 27.7. The number of nitrogens with one attached hydrogen (secondary N) is 1. The summed E-state index contributed by atoms with van der Waals surface area (Å²) in [6.45, 7) is 5.87. The van der Waals surface area contributed by atoms with Gasteiger partial charge in [-0.25, -0.2) is 18.4 Å². The molecule has 3 aromatic rings. The van der Waals surface area contributed by atoms with Crippen LogP contribution in [0.2, 0.25) is 0 Å². The Bertz CT molecular complexity index is 1330. The quantitative estimate of drug-likeness (QED) is 0.526. The number of aryl methyl sites for hydroxylation is 2. The van der Waals surface area contributed by atoms with Gasteiger partial charge in [0.15, 0.2) is 11.5 Å². The molecule has 3 heterocycles. The minimum Gasteiger partial charge on any atom is -0.382 e. The zero-order valence-electron chi connectivity index (χ0n) is 19.7. The highest BCUT2D eigenvalue weighted by atomic mass is 35.5. The Morgan fingerprint density at radius 2 is 1.80 bits per heavy atom. The van der Waals surface area contributed by atoms with Gasteiger partial charge >= 0.3 is 0 Å². The van der Waals surface area contributed by atoms with E-state index in [1.807, 2.05) is 14.0 Å². The third-order valence-electron chi connectivity index (χ3n) is 5.81. The van der Waals surface area contributed by atoms with E-state index in [-0.39, 0.29) is 28.8 Å². The van der Waals surface area contributed by atoms with Crippen molar-refractivity contribution < 1.29 is 13.2 Å². The number of likely N-dealkylation sites (N-methyl/N-ethyl adjacent to an activating group) is 1. The van der Waals surface area contributed by atoms with Crippen molar-refractivity contribution in [1.82, 2.24) is 24.2 Å². The fraction of sp³-hybridized carbons (Fsp3) is 0.304. The number of halogens is 1. The number of anilines is 2. The molecule has 1 aliphatic rings. The Morgan fingerprint density at radius 3 is 2.46 bits per heavy atom. The Balaban J connectivity index is 0.00000342. The standard InChI is InChI=1S/C23H27N7O3S.ClH/c1-15-12-20(34(32,33)30-9-7-29(3)8-10-30)16(2)11-18(15)19-14-26-22(24)21(28-19)23(31)27-17-5-4-6-25-13-17;/h4-6,11-14H,7-10H2,1-3H3,(H2,24,26)(H,27,31);1H. The molecule has 0 spiro atoms. The topological polar surface area (TPSA) is 134 Å². The maximum absolute atomic E-state index is 13.3. The lowest BCUT2D eigenvalue weighted by atomic mass is 10.0. The lowest BCUT2D eigenvalue weighted by molar-refractivity contribution is 0.102. The van der Waals surface area contributed by atoms with Gasteiger partial charge in [-0.05, 0) is 56.3 Å². The Morgan fingerprint density at radius 1 is 1.09 bits per heavy atom. The van der Waals surface area contributed by atoms with Crippen LogP contribution in [0.5, 0.6) is 0 Å². The van der Waals surface area contributed by atoms with E-state index in [1.165, 1.54) is 16.7 Å². The van der Waals surface area contributed by atoms with Gasteiger partial charge in [0.1, 0.15) is 0 Å². The third-order valence-corrected chi connectivity index (χ3v) is 7.85. The number of pyridine rings is 1. The maximum atomic E-state index is 13.3. The van der Waals surface area contributed by atoms with E-state index in [0.29, 0.717) is 54.3 Å². The molecule has 3 N–H and O–H groups in total. The van der Waals surface area contributed by atoms with E-state index in [2.05, 4.69) is 25.2 Å². The number of benzene rings is 1. The highest BCUT2D eigenvalue weighted by molar-refractivity contribution is 7.89. The molecule has 0 saturated carbocycles. The summed E-state index contributed by atoms with van der Waals surface area (Å²) in [6.07, 6.45) is 4.59. The van der Waals surface area contributed by atoms with Crippen molar-refractivity contribution in [3.8, 4) is 11.3 Å². The summed E-state index contributed by atoms with van der Waals surface area (Å²) in [5, 5.41) is 2.70. The molecule has 0 aliphatic carbocycles.